The first-order chi connectivity index (χ1) is 10.7. The van der Waals surface area contributed by atoms with Gasteiger partial charge in [0.15, 0.2) is 0 Å². The smallest absolute Gasteiger partial charge is 0.342 e. The second kappa shape index (κ2) is 6.06. The fourth-order valence-corrected chi connectivity index (χ4v) is 2.53. The average molecular weight is 293 g/mol. The molecule has 0 spiro atoms. The molecule has 1 radical (unpaired) electrons. The highest BCUT2D eigenvalue weighted by Gasteiger charge is 2.17. The number of esters is 1. The maximum atomic E-state index is 12.5. The molecule has 0 heterocycles. The van der Waals surface area contributed by atoms with E-state index in [0.29, 0.717) is 12.0 Å². The van der Waals surface area contributed by atoms with E-state index < -0.39 is 5.97 Å². The van der Waals surface area contributed by atoms with Crippen molar-refractivity contribution in [3.05, 3.63) is 54.1 Å². The SMILES string of the molecule is CCCCOC(=O)c1ccc2cc3ccccc3cc2c1[O]. The lowest BCUT2D eigenvalue weighted by atomic mass is 10.0. The van der Waals surface area contributed by atoms with Crippen LogP contribution in [-0.4, -0.2) is 12.6 Å². The highest BCUT2D eigenvalue weighted by atomic mass is 16.5. The molecule has 0 aliphatic rings. The summed E-state index contributed by atoms with van der Waals surface area (Å²) in [7, 11) is 0. The molecule has 3 heteroatoms. The van der Waals surface area contributed by atoms with E-state index in [1.807, 2.05) is 43.3 Å². The molecule has 0 unspecified atom stereocenters. The van der Waals surface area contributed by atoms with Gasteiger partial charge >= 0.3 is 5.97 Å². The second-order valence-corrected chi connectivity index (χ2v) is 5.35. The van der Waals surface area contributed by atoms with E-state index in [9.17, 15) is 9.90 Å². The van der Waals surface area contributed by atoms with Crippen LogP contribution < -0.4 is 0 Å². The van der Waals surface area contributed by atoms with Crippen molar-refractivity contribution in [3.63, 3.8) is 0 Å². The lowest BCUT2D eigenvalue weighted by Gasteiger charge is -2.08. The van der Waals surface area contributed by atoms with E-state index in [-0.39, 0.29) is 11.3 Å². The first kappa shape index (κ1) is 14.4. The molecule has 0 aliphatic heterocycles. The molecule has 0 saturated carbocycles. The second-order valence-electron chi connectivity index (χ2n) is 5.35. The van der Waals surface area contributed by atoms with Crippen LogP contribution in [0.2, 0.25) is 0 Å². The van der Waals surface area contributed by atoms with Gasteiger partial charge < -0.3 is 4.74 Å². The van der Waals surface area contributed by atoms with Crippen LogP contribution in [-0.2, 0) is 9.84 Å². The number of hydrogen-bond donors (Lipinski definition) is 0. The molecule has 0 amide bonds. The van der Waals surface area contributed by atoms with Crippen molar-refractivity contribution in [2.24, 2.45) is 0 Å². The summed E-state index contributed by atoms with van der Waals surface area (Å²) in [5, 5.41) is 16.0. The topological polar surface area (TPSA) is 46.2 Å². The molecule has 111 valence electrons. The van der Waals surface area contributed by atoms with Gasteiger partial charge in [0.25, 0.3) is 0 Å². The van der Waals surface area contributed by atoms with Gasteiger partial charge in [0.2, 0.25) is 5.75 Å². The monoisotopic (exact) mass is 293 g/mol. The Morgan fingerprint density at radius 3 is 2.45 bits per heavy atom. The Morgan fingerprint density at radius 2 is 1.73 bits per heavy atom. The molecule has 0 bridgehead atoms. The van der Waals surface area contributed by atoms with E-state index in [4.69, 9.17) is 4.74 Å². The molecule has 0 saturated heterocycles. The van der Waals surface area contributed by atoms with Crippen molar-refractivity contribution in [2.45, 2.75) is 19.8 Å². The van der Waals surface area contributed by atoms with Gasteiger partial charge in [-0.2, -0.15) is 0 Å². The van der Waals surface area contributed by atoms with Crippen molar-refractivity contribution in [3.8, 4) is 5.75 Å². The van der Waals surface area contributed by atoms with Crippen LogP contribution in [0, 0.1) is 0 Å². The van der Waals surface area contributed by atoms with E-state index in [0.717, 1.165) is 29.0 Å². The maximum absolute atomic E-state index is 12.5. The summed E-state index contributed by atoms with van der Waals surface area (Å²) in [6.45, 7) is 2.37. The zero-order valence-electron chi connectivity index (χ0n) is 12.5. The van der Waals surface area contributed by atoms with Crippen molar-refractivity contribution in [1.29, 1.82) is 0 Å². The molecule has 3 aromatic carbocycles. The van der Waals surface area contributed by atoms with E-state index >= 15 is 0 Å². The standard InChI is InChI=1S/C19H17O3/c1-2-3-10-22-19(21)16-9-8-15-11-13-6-4-5-7-14(13)12-17(15)18(16)20/h4-9,11-12H,2-3,10H2,1H3. The van der Waals surface area contributed by atoms with Gasteiger partial charge in [0, 0.05) is 5.39 Å². The van der Waals surface area contributed by atoms with Gasteiger partial charge in [-0.15, -0.1) is 0 Å². The van der Waals surface area contributed by atoms with Gasteiger partial charge in [-0.3, -0.25) is 5.11 Å². The summed E-state index contributed by atoms with van der Waals surface area (Å²) >= 11 is 0. The highest BCUT2D eigenvalue weighted by molar-refractivity contribution is 6.05. The Morgan fingerprint density at radius 1 is 1.00 bits per heavy atom. The molecular formula is C19H17O3. The Balaban J connectivity index is 2.04. The largest absolute Gasteiger partial charge is 0.462 e. The molecule has 0 aromatic heterocycles. The number of unbranched alkanes of at least 4 members (excludes halogenated alkanes) is 1. The van der Waals surface area contributed by atoms with Crippen LogP contribution >= 0.6 is 0 Å². The predicted octanol–water partition coefficient (Wildman–Crippen LogP) is 5.09. The highest BCUT2D eigenvalue weighted by Crippen LogP contribution is 2.33. The molecule has 22 heavy (non-hydrogen) atoms. The number of carbonyl (C=O) groups is 1. The Kier molecular flexibility index (Phi) is 3.96. The molecule has 0 fully saturated rings. The number of rotatable bonds is 4. The summed E-state index contributed by atoms with van der Waals surface area (Å²) in [4.78, 5) is 12.0. The van der Waals surface area contributed by atoms with Gasteiger partial charge in [0.1, 0.15) is 5.56 Å². The lowest BCUT2D eigenvalue weighted by molar-refractivity contribution is 0.0495. The van der Waals surface area contributed by atoms with Gasteiger partial charge in [-0.25, -0.2) is 4.79 Å². The summed E-state index contributed by atoms with van der Waals surface area (Å²) in [5.41, 5.74) is 0.110. The zero-order chi connectivity index (χ0) is 15.5. The van der Waals surface area contributed by atoms with Crippen LogP contribution in [0.15, 0.2) is 48.5 Å². The minimum atomic E-state index is -0.534. The van der Waals surface area contributed by atoms with Crippen LogP contribution in [0.5, 0.6) is 5.75 Å². The van der Waals surface area contributed by atoms with Crippen LogP contribution in [0.3, 0.4) is 0 Å². The van der Waals surface area contributed by atoms with Gasteiger partial charge in [-0.05, 0) is 40.8 Å². The maximum Gasteiger partial charge on any atom is 0.342 e. The fourth-order valence-electron chi connectivity index (χ4n) is 2.53. The summed E-state index contributed by atoms with van der Waals surface area (Å²) < 4.78 is 5.15. The number of hydrogen-bond acceptors (Lipinski definition) is 2. The molecule has 3 nitrogen and oxygen atoms in total. The fraction of sp³-hybridized carbons (Fsp3) is 0.211. The predicted molar refractivity (Wildman–Crippen MR) is 86.8 cm³/mol. The summed E-state index contributed by atoms with van der Waals surface area (Å²) in [5.74, 6) is -0.793. The van der Waals surface area contributed by atoms with Gasteiger partial charge in [0.05, 0.1) is 6.61 Å². The quantitative estimate of drug-likeness (QED) is 0.382. The van der Waals surface area contributed by atoms with Crippen molar-refractivity contribution in [1.82, 2.24) is 0 Å². The Bertz CT molecular complexity index is 837. The summed E-state index contributed by atoms with van der Waals surface area (Å²) in [6.07, 6.45) is 1.75. The molecule has 0 aliphatic carbocycles. The number of carbonyl (C=O) groups excluding carboxylic acids is 1. The average Bonchev–Trinajstić information content (AvgIpc) is 2.54. The first-order valence-corrected chi connectivity index (χ1v) is 7.50. The Labute approximate surface area is 129 Å². The molecule has 3 aromatic rings. The van der Waals surface area contributed by atoms with Crippen LogP contribution in [0.25, 0.3) is 21.5 Å². The lowest BCUT2D eigenvalue weighted by Crippen LogP contribution is -2.06. The number of ether oxygens (including phenoxy) is 1. The van der Waals surface area contributed by atoms with E-state index in [1.165, 1.54) is 0 Å². The normalized spacial score (nSPS) is 11.0. The van der Waals surface area contributed by atoms with E-state index in [1.54, 1.807) is 12.1 Å². The van der Waals surface area contributed by atoms with Crippen LogP contribution in [0.1, 0.15) is 30.1 Å². The number of fused-ring (bicyclic) bond motifs is 2. The first-order valence-electron chi connectivity index (χ1n) is 7.50. The van der Waals surface area contributed by atoms with Crippen LogP contribution in [0.4, 0.5) is 0 Å². The minimum Gasteiger partial charge on any atom is -0.462 e. The van der Waals surface area contributed by atoms with Crippen molar-refractivity contribution in [2.75, 3.05) is 6.61 Å². The van der Waals surface area contributed by atoms with Gasteiger partial charge in [-0.1, -0.05) is 43.7 Å². The Hall–Kier alpha value is -2.55. The molecular weight excluding hydrogens is 276 g/mol. The van der Waals surface area contributed by atoms with E-state index in [2.05, 4.69) is 0 Å². The molecule has 3 rings (SSSR count). The zero-order valence-corrected chi connectivity index (χ0v) is 12.5. The third-order valence-corrected chi connectivity index (χ3v) is 3.79. The third-order valence-electron chi connectivity index (χ3n) is 3.79. The number of benzene rings is 3. The van der Waals surface area contributed by atoms with Crippen molar-refractivity contribution >= 4 is 27.5 Å². The summed E-state index contributed by atoms with van der Waals surface area (Å²) in [6, 6.07) is 15.0. The van der Waals surface area contributed by atoms with Crippen molar-refractivity contribution < 1.29 is 14.6 Å². The molecule has 0 N–H and O–H groups in total. The molecule has 0 atom stereocenters. The third kappa shape index (κ3) is 2.62. The minimum absolute atomic E-state index is 0.110.